The van der Waals surface area contributed by atoms with Gasteiger partial charge < -0.3 is 10.2 Å². The smallest absolute Gasteiger partial charge is 0.0411 e. The van der Waals surface area contributed by atoms with Crippen LogP contribution in [-0.2, 0) is 0 Å². The van der Waals surface area contributed by atoms with Crippen molar-refractivity contribution in [2.45, 2.75) is 58.8 Å². The van der Waals surface area contributed by atoms with Crippen molar-refractivity contribution in [3.63, 3.8) is 0 Å². The van der Waals surface area contributed by atoms with Gasteiger partial charge in [0.15, 0.2) is 0 Å². The lowest BCUT2D eigenvalue weighted by Gasteiger charge is -2.17. The Hall–Kier alpha value is -1.18. The van der Waals surface area contributed by atoms with Crippen molar-refractivity contribution < 1.29 is 0 Å². The number of aryl methyl sites for hydroxylation is 1. The fourth-order valence-corrected chi connectivity index (χ4v) is 2.52. The molecule has 0 aromatic heterocycles. The van der Waals surface area contributed by atoms with Crippen LogP contribution in [0.15, 0.2) is 18.2 Å². The Morgan fingerprint density at radius 1 is 0.950 bits per heavy atom. The quantitative estimate of drug-likeness (QED) is 0.589. The molecule has 2 nitrogen and oxygen atoms in total. The number of nitrogens with one attached hydrogen (secondary N) is 1. The zero-order valence-electron chi connectivity index (χ0n) is 13.8. The van der Waals surface area contributed by atoms with E-state index in [2.05, 4.69) is 56.4 Å². The normalized spacial score (nSPS) is 10.6. The average molecular weight is 276 g/mol. The molecule has 0 amide bonds. The highest BCUT2D eigenvalue weighted by atomic mass is 15.1. The van der Waals surface area contributed by atoms with Crippen LogP contribution in [0.3, 0.4) is 0 Å². The van der Waals surface area contributed by atoms with Crippen LogP contribution < -0.4 is 10.2 Å². The molecule has 1 N–H and O–H groups in total. The zero-order chi connectivity index (χ0) is 14.8. The molecule has 0 aliphatic rings. The maximum atomic E-state index is 3.54. The van der Waals surface area contributed by atoms with Crippen LogP contribution >= 0.6 is 0 Å². The Kier molecular flexibility index (Phi) is 8.17. The van der Waals surface area contributed by atoms with Gasteiger partial charge in [0.05, 0.1) is 0 Å². The predicted molar refractivity (Wildman–Crippen MR) is 92.0 cm³/mol. The van der Waals surface area contributed by atoms with E-state index >= 15 is 0 Å². The van der Waals surface area contributed by atoms with Crippen molar-refractivity contribution in [1.82, 2.24) is 0 Å². The summed E-state index contributed by atoms with van der Waals surface area (Å²) >= 11 is 0. The number of nitrogens with zero attached hydrogens (tertiary/aromatic N) is 1. The SMILES string of the molecule is CCCCCCCCCNc1ccc(C)c(N(C)C)c1. The van der Waals surface area contributed by atoms with Gasteiger partial charge in [-0.3, -0.25) is 0 Å². The second-order valence-corrected chi connectivity index (χ2v) is 5.94. The molecule has 0 saturated heterocycles. The number of hydrogen-bond acceptors (Lipinski definition) is 2. The van der Waals surface area contributed by atoms with Crippen molar-refractivity contribution in [3.05, 3.63) is 23.8 Å². The van der Waals surface area contributed by atoms with Crippen LogP contribution in [0.5, 0.6) is 0 Å². The van der Waals surface area contributed by atoms with E-state index in [4.69, 9.17) is 0 Å². The first-order chi connectivity index (χ1) is 9.65. The third-order valence-electron chi connectivity index (χ3n) is 3.80. The molecule has 1 rings (SSSR count). The van der Waals surface area contributed by atoms with Gasteiger partial charge in [0.1, 0.15) is 0 Å². The minimum Gasteiger partial charge on any atom is -0.385 e. The molecule has 0 unspecified atom stereocenters. The molecule has 0 fully saturated rings. The van der Waals surface area contributed by atoms with Crippen LogP contribution in [0, 0.1) is 6.92 Å². The van der Waals surface area contributed by atoms with Crippen LogP contribution in [-0.4, -0.2) is 20.6 Å². The van der Waals surface area contributed by atoms with Crippen LogP contribution in [0.1, 0.15) is 57.4 Å². The summed E-state index contributed by atoms with van der Waals surface area (Å²) in [5.41, 5.74) is 3.87. The molecule has 0 saturated carbocycles. The lowest BCUT2D eigenvalue weighted by molar-refractivity contribution is 0.596. The first-order valence-electron chi connectivity index (χ1n) is 8.17. The van der Waals surface area contributed by atoms with E-state index in [9.17, 15) is 0 Å². The highest BCUT2D eigenvalue weighted by Crippen LogP contribution is 2.22. The summed E-state index contributed by atoms with van der Waals surface area (Å²) in [6.45, 7) is 5.52. The second kappa shape index (κ2) is 9.68. The molecular weight excluding hydrogens is 244 g/mol. The molecule has 1 aromatic carbocycles. The van der Waals surface area contributed by atoms with Gasteiger partial charge in [-0.05, 0) is 31.0 Å². The molecule has 0 aliphatic carbocycles. The van der Waals surface area contributed by atoms with Crippen molar-refractivity contribution in [3.8, 4) is 0 Å². The van der Waals surface area contributed by atoms with E-state index in [1.54, 1.807) is 0 Å². The second-order valence-electron chi connectivity index (χ2n) is 5.94. The first kappa shape index (κ1) is 16.9. The minimum atomic E-state index is 1.09. The Labute approximate surface area is 125 Å². The molecule has 0 aliphatic heterocycles. The van der Waals surface area contributed by atoms with Gasteiger partial charge in [0.2, 0.25) is 0 Å². The van der Waals surface area contributed by atoms with Gasteiger partial charge in [-0.25, -0.2) is 0 Å². The average Bonchev–Trinajstić information content (AvgIpc) is 2.43. The number of rotatable bonds is 10. The summed E-state index contributed by atoms with van der Waals surface area (Å²) in [7, 11) is 4.20. The number of benzene rings is 1. The molecule has 0 radical (unpaired) electrons. The number of anilines is 2. The minimum absolute atomic E-state index is 1.09. The van der Waals surface area contributed by atoms with Crippen molar-refractivity contribution in [1.29, 1.82) is 0 Å². The monoisotopic (exact) mass is 276 g/mol. The number of unbranched alkanes of at least 4 members (excludes halogenated alkanes) is 6. The standard InChI is InChI=1S/C18H32N2/c1-5-6-7-8-9-10-11-14-19-17-13-12-16(2)18(15-17)20(3)4/h12-13,15,19H,5-11,14H2,1-4H3. The third kappa shape index (κ3) is 6.31. The summed E-state index contributed by atoms with van der Waals surface area (Å²) < 4.78 is 0. The topological polar surface area (TPSA) is 15.3 Å². The highest BCUT2D eigenvalue weighted by Gasteiger charge is 2.01. The lowest BCUT2D eigenvalue weighted by Crippen LogP contribution is -2.11. The van der Waals surface area contributed by atoms with Gasteiger partial charge in [-0.1, -0.05) is 51.5 Å². The van der Waals surface area contributed by atoms with Crippen molar-refractivity contribution >= 4 is 11.4 Å². The molecule has 2 heteroatoms. The zero-order valence-corrected chi connectivity index (χ0v) is 13.8. The molecule has 0 heterocycles. The van der Waals surface area contributed by atoms with Crippen LogP contribution in [0.4, 0.5) is 11.4 Å². The van der Waals surface area contributed by atoms with Gasteiger partial charge in [0.25, 0.3) is 0 Å². The molecule has 1 aromatic rings. The highest BCUT2D eigenvalue weighted by molar-refractivity contribution is 5.61. The Morgan fingerprint density at radius 3 is 2.25 bits per heavy atom. The van der Waals surface area contributed by atoms with Crippen molar-refractivity contribution in [2.24, 2.45) is 0 Å². The van der Waals surface area contributed by atoms with Gasteiger partial charge in [0, 0.05) is 32.0 Å². The lowest BCUT2D eigenvalue weighted by atomic mass is 10.1. The van der Waals surface area contributed by atoms with Crippen LogP contribution in [0.25, 0.3) is 0 Å². The van der Waals surface area contributed by atoms with E-state index < -0.39 is 0 Å². The first-order valence-corrected chi connectivity index (χ1v) is 8.17. The van der Waals surface area contributed by atoms with Gasteiger partial charge >= 0.3 is 0 Å². The summed E-state index contributed by atoms with van der Waals surface area (Å²) in [6, 6.07) is 6.63. The number of hydrogen-bond donors (Lipinski definition) is 1. The summed E-state index contributed by atoms with van der Waals surface area (Å²) in [6.07, 6.45) is 9.56. The fourth-order valence-electron chi connectivity index (χ4n) is 2.52. The van der Waals surface area contributed by atoms with E-state index in [0.29, 0.717) is 0 Å². The maximum absolute atomic E-state index is 3.54. The molecule has 0 bridgehead atoms. The van der Waals surface area contributed by atoms with Gasteiger partial charge in [-0.2, -0.15) is 0 Å². The molecular formula is C18H32N2. The molecule has 0 atom stereocenters. The van der Waals surface area contributed by atoms with E-state index in [-0.39, 0.29) is 0 Å². The van der Waals surface area contributed by atoms with E-state index in [1.807, 2.05) is 0 Å². The van der Waals surface area contributed by atoms with Crippen LogP contribution in [0.2, 0.25) is 0 Å². The fraction of sp³-hybridized carbons (Fsp3) is 0.667. The van der Waals surface area contributed by atoms with Gasteiger partial charge in [-0.15, -0.1) is 0 Å². The summed E-state index contributed by atoms with van der Waals surface area (Å²) in [5.74, 6) is 0. The third-order valence-corrected chi connectivity index (χ3v) is 3.80. The van der Waals surface area contributed by atoms with E-state index in [0.717, 1.165) is 6.54 Å². The Balaban J connectivity index is 2.20. The summed E-state index contributed by atoms with van der Waals surface area (Å²) in [5, 5.41) is 3.54. The Morgan fingerprint density at radius 2 is 1.60 bits per heavy atom. The molecule has 114 valence electrons. The van der Waals surface area contributed by atoms with Crippen molar-refractivity contribution in [2.75, 3.05) is 30.9 Å². The maximum Gasteiger partial charge on any atom is 0.0411 e. The Bertz CT molecular complexity index is 372. The van der Waals surface area contributed by atoms with E-state index in [1.165, 1.54) is 61.9 Å². The predicted octanol–water partition coefficient (Wildman–Crippen LogP) is 5.22. The summed E-state index contributed by atoms with van der Waals surface area (Å²) in [4.78, 5) is 2.17. The largest absolute Gasteiger partial charge is 0.385 e. The molecule has 0 spiro atoms. The molecule has 20 heavy (non-hydrogen) atoms.